The van der Waals surface area contributed by atoms with Crippen molar-refractivity contribution in [3.05, 3.63) is 58.5 Å². The van der Waals surface area contributed by atoms with E-state index >= 15 is 0 Å². The van der Waals surface area contributed by atoms with Crippen molar-refractivity contribution in [2.24, 2.45) is 5.92 Å². The van der Waals surface area contributed by atoms with Crippen LogP contribution in [0.2, 0.25) is 0 Å². The van der Waals surface area contributed by atoms with Crippen molar-refractivity contribution in [2.45, 2.75) is 45.7 Å². The van der Waals surface area contributed by atoms with Crippen LogP contribution >= 0.6 is 0 Å². The SMILES string of the molecule is CC(C)N(CCCNC(=O)C1CCN(c2cn[nH]c(=O)c2)CC1)Cc1ccccc1. The molecule has 2 heterocycles. The van der Waals surface area contributed by atoms with E-state index in [9.17, 15) is 9.59 Å². The van der Waals surface area contributed by atoms with E-state index in [1.54, 1.807) is 12.3 Å². The lowest BCUT2D eigenvalue weighted by Gasteiger charge is -2.32. The molecule has 7 nitrogen and oxygen atoms in total. The van der Waals surface area contributed by atoms with E-state index < -0.39 is 0 Å². The lowest BCUT2D eigenvalue weighted by Crippen LogP contribution is -2.41. The van der Waals surface area contributed by atoms with Gasteiger partial charge in [-0.1, -0.05) is 30.3 Å². The maximum absolute atomic E-state index is 12.6. The van der Waals surface area contributed by atoms with Gasteiger partial charge in [0.15, 0.2) is 0 Å². The van der Waals surface area contributed by atoms with Crippen LogP contribution in [-0.4, -0.2) is 53.2 Å². The summed E-state index contributed by atoms with van der Waals surface area (Å²) in [5.41, 5.74) is 1.94. The number of H-pyrrole nitrogens is 1. The molecule has 0 unspecified atom stereocenters. The molecule has 1 aliphatic rings. The molecule has 0 bridgehead atoms. The van der Waals surface area contributed by atoms with Gasteiger partial charge in [0.05, 0.1) is 11.9 Å². The molecule has 1 aromatic heterocycles. The van der Waals surface area contributed by atoms with Crippen LogP contribution in [-0.2, 0) is 11.3 Å². The summed E-state index contributed by atoms with van der Waals surface area (Å²) in [6, 6.07) is 12.5. The van der Waals surface area contributed by atoms with Crippen LogP contribution in [0.25, 0.3) is 0 Å². The molecule has 3 rings (SSSR count). The van der Waals surface area contributed by atoms with E-state index in [0.29, 0.717) is 12.6 Å². The molecule has 0 aliphatic carbocycles. The van der Waals surface area contributed by atoms with Gasteiger partial charge in [-0.05, 0) is 38.7 Å². The number of nitrogens with zero attached hydrogens (tertiary/aromatic N) is 3. The zero-order valence-corrected chi connectivity index (χ0v) is 18.0. The molecule has 2 aromatic rings. The average molecular weight is 412 g/mol. The molecule has 0 spiro atoms. The van der Waals surface area contributed by atoms with Crippen LogP contribution in [0, 0.1) is 5.92 Å². The molecule has 1 fully saturated rings. The Labute approximate surface area is 178 Å². The highest BCUT2D eigenvalue weighted by Gasteiger charge is 2.25. The van der Waals surface area contributed by atoms with Crippen molar-refractivity contribution < 1.29 is 4.79 Å². The number of aromatic nitrogens is 2. The fourth-order valence-electron chi connectivity index (χ4n) is 3.91. The summed E-state index contributed by atoms with van der Waals surface area (Å²) >= 11 is 0. The van der Waals surface area contributed by atoms with Gasteiger partial charge in [-0.2, -0.15) is 5.10 Å². The third-order valence-electron chi connectivity index (χ3n) is 5.76. The van der Waals surface area contributed by atoms with Gasteiger partial charge in [-0.3, -0.25) is 14.5 Å². The Morgan fingerprint density at radius 3 is 2.67 bits per heavy atom. The van der Waals surface area contributed by atoms with Gasteiger partial charge in [-0.25, -0.2) is 5.10 Å². The number of anilines is 1. The quantitative estimate of drug-likeness (QED) is 0.620. The van der Waals surface area contributed by atoms with Crippen molar-refractivity contribution in [3.8, 4) is 0 Å². The van der Waals surface area contributed by atoms with Gasteiger partial charge in [0.2, 0.25) is 5.91 Å². The standard InChI is InChI=1S/C23H33N5O2/c1-18(2)28(17-19-7-4-3-5-8-19)12-6-11-24-23(30)20-9-13-27(14-10-20)21-15-22(29)26-25-16-21/h3-5,7-8,15-16,18,20H,6,9-14,17H2,1-2H3,(H,24,30)(H,26,29). The van der Waals surface area contributed by atoms with E-state index in [-0.39, 0.29) is 17.4 Å². The molecule has 0 atom stereocenters. The van der Waals surface area contributed by atoms with Crippen molar-refractivity contribution >= 4 is 11.6 Å². The molecule has 1 aromatic carbocycles. The number of carbonyl (C=O) groups is 1. The molecule has 0 saturated carbocycles. The van der Waals surface area contributed by atoms with Crippen LogP contribution in [0.4, 0.5) is 5.69 Å². The number of hydrogen-bond acceptors (Lipinski definition) is 5. The molecular formula is C23H33N5O2. The third-order valence-corrected chi connectivity index (χ3v) is 5.76. The Balaban J connectivity index is 1.38. The molecule has 1 aliphatic heterocycles. The number of amides is 1. The average Bonchev–Trinajstić information content (AvgIpc) is 2.76. The Morgan fingerprint density at radius 1 is 1.27 bits per heavy atom. The number of nitrogens with one attached hydrogen (secondary N) is 2. The van der Waals surface area contributed by atoms with Gasteiger partial charge < -0.3 is 10.2 Å². The first kappa shape index (κ1) is 22.0. The predicted molar refractivity (Wildman–Crippen MR) is 119 cm³/mol. The van der Waals surface area contributed by atoms with Crippen LogP contribution in [0.1, 0.15) is 38.7 Å². The fourth-order valence-corrected chi connectivity index (χ4v) is 3.91. The normalized spacial score (nSPS) is 15.0. The number of aromatic amines is 1. The molecular weight excluding hydrogens is 378 g/mol. The number of rotatable bonds is 9. The smallest absolute Gasteiger partial charge is 0.266 e. The minimum atomic E-state index is -0.199. The summed E-state index contributed by atoms with van der Waals surface area (Å²) in [6.45, 7) is 8.55. The Hall–Kier alpha value is -2.67. The largest absolute Gasteiger partial charge is 0.370 e. The van der Waals surface area contributed by atoms with Gasteiger partial charge >= 0.3 is 0 Å². The zero-order valence-electron chi connectivity index (χ0n) is 18.0. The highest BCUT2D eigenvalue weighted by molar-refractivity contribution is 5.78. The Morgan fingerprint density at radius 2 is 2.00 bits per heavy atom. The summed E-state index contributed by atoms with van der Waals surface area (Å²) in [4.78, 5) is 28.5. The summed E-state index contributed by atoms with van der Waals surface area (Å²) in [6.07, 6.45) is 4.20. The molecule has 7 heteroatoms. The van der Waals surface area contributed by atoms with Crippen molar-refractivity contribution in [3.63, 3.8) is 0 Å². The monoisotopic (exact) mass is 411 g/mol. The molecule has 1 saturated heterocycles. The minimum Gasteiger partial charge on any atom is -0.370 e. The first-order chi connectivity index (χ1) is 14.5. The number of benzene rings is 1. The Bertz CT molecular complexity index is 844. The second-order valence-electron chi connectivity index (χ2n) is 8.26. The van der Waals surface area contributed by atoms with E-state index in [2.05, 4.69) is 63.4 Å². The lowest BCUT2D eigenvalue weighted by atomic mass is 9.95. The first-order valence-corrected chi connectivity index (χ1v) is 10.9. The molecule has 2 N–H and O–H groups in total. The second-order valence-corrected chi connectivity index (χ2v) is 8.26. The van der Waals surface area contributed by atoms with Crippen molar-refractivity contribution in [1.29, 1.82) is 0 Å². The first-order valence-electron chi connectivity index (χ1n) is 10.9. The van der Waals surface area contributed by atoms with Crippen LogP contribution in [0.3, 0.4) is 0 Å². The fraction of sp³-hybridized carbons (Fsp3) is 0.522. The molecule has 1 amide bonds. The van der Waals surface area contributed by atoms with E-state index in [0.717, 1.165) is 51.1 Å². The highest BCUT2D eigenvalue weighted by atomic mass is 16.2. The van der Waals surface area contributed by atoms with Crippen LogP contribution in [0.15, 0.2) is 47.4 Å². The van der Waals surface area contributed by atoms with Gasteiger partial charge in [0.1, 0.15) is 0 Å². The third kappa shape index (κ3) is 6.42. The summed E-state index contributed by atoms with van der Waals surface area (Å²) in [5, 5.41) is 9.37. The van der Waals surface area contributed by atoms with Crippen LogP contribution < -0.4 is 15.8 Å². The molecule has 30 heavy (non-hydrogen) atoms. The van der Waals surface area contributed by atoms with Crippen molar-refractivity contribution in [2.75, 3.05) is 31.1 Å². The van der Waals surface area contributed by atoms with E-state index in [1.807, 2.05) is 6.07 Å². The maximum atomic E-state index is 12.6. The molecule has 162 valence electrons. The summed E-state index contributed by atoms with van der Waals surface area (Å²) in [7, 11) is 0. The van der Waals surface area contributed by atoms with E-state index in [1.165, 1.54) is 5.56 Å². The number of hydrogen-bond donors (Lipinski definition) is 2. The van der Waals surface area contributed by atoms with Gasteiger partial charge in [0.25, 0.3) is 5.56 Å². The second kappa shape index (κ2) is 10.9. The Kier molecular flexibility index (Phi) is 8.02. The summed E-state index contributed by atoms with van der Waals surface area (Å²) < 4.78 is 0. The molecule has 0 radical (unpaired) electrons. The highest BCUT2D eigenvalue weighted by Crippen LogP contribution is 2.21. The predicted octanol–water partition coefficient (Wildman–Crippen LogP) is 2.40. The lowest BCUT2D eigenvalue weighted by molar-refractivity contribution is -0.125. The number of piperidine rings is 1. The minimum absolute atomic E-state index is 0.0433. The van der Waals surface area contributed by atoms with Crippen molar-refractivity contribution in [1.82, 2.24) is 20.4 Å². The number of carbonyl (C=O) groups excluding carboxylic acids is 1. The van der Waals surface area contributed by atoms with Crippen LogP contribution in [0.5, 0.6) is 0 Å². The van der Waals surface area contributed by atoms with Gasteiger partial charge in [0, 0.05) is 50.7 Å². The topological polar surface area (TPSA) is 81.3 Å². The van der Waals surface area contributed by atoms with Gasteiger partial charge in [-0.15, -0.1) is 0 Å². The zero-order chi connectivity index (χ0) is 21.3. The van der Waals surface area contributed by atoms with E-state index in [4.69, 9.17) is 0 Å². The maximum Gasteiger partial charge on any atom is 0.266 e. The summed E-state index contributed by atoms with van der Waals surface area (Å²) in [5.74, 6) is 0.194.